The Kier molecular flexibility index (Phi) is 8.36. The van der Waals surface area contributed by atoms with E-state index in [1.807, 2.05) is 19.1 Å². The number of phenols is 2. The number of azo groups is 1. The van der Waals surface area contributed by atoms with Crippen LogP contribution in [0.25, 0.3) is 10.8 Å². The predicted octanol–water partition coefficient (Wildman–Crippen LogP) is 9.52. The third kappa shape index (κ3) is 6.05. The molecule has 33 heavy (non-hydrogen) atoms. The highest BCUT2D eigenvalue weighted by Gasteiger charge is 2.21. The molecular formula is C28H35ClN2O2. The van der Waals surface area contributed by atoms with Gasteiger partial charge in [0.05, 0.1) is 0 Å². The van der Waals surface area contributed by atoms with E-state index in [-0.39, 0.29) is 22.6 Å². The molecule has 3 aromatic carbocycles. The van der Waals surface area contributed by atoms with Crippen molar-refractivity contribution in [3.63, 3.8) is 0 Å². The standard InChI is InChI=1S/C28H35ClN2O2/c1-5-7-8-9-10-15-28(3,4)21-11-13-23-20(17-21)16-19(6-2)27(33)26(23)31-30-24-18-22(29)12-14-25(24)32/h11-14,16-18,32-33H,5-10,15H2,1-4H3. The Morgan fingerprint density at radius 2 is 1.64 bits per heavy atom. The van der Waals surface area contributed by atoms with Gasteiger partial charge in [0.25, 0.3) is 0 Å². The maximum Gasteiger partial charge on any atom is 0.146 e. The lowest BCUT2D eigenvalue weighted by atomic mass is 9.79. The number of hydrogen-bond acceptors (Lipinski definition) is 4. The van der Waals surface area contributed by atoms with E-state index >= 15 is 0 Å². The first-order valence-corrected chi connectivity index (χ1v) is 12.3. The second-order valence-electron chi connectivity index (χ2n) is 9.40. The zero-order chi connectivity index (χ0) is 24.0. The van der Waals surface area contributed by atoms with Crippen LogP contribution in [0.15, 0.2) is 52.7 Å². The quantitative estimate of drug-likeness (QED) is 0.230. The van der Waals surface area contributed by atoms with E-state index in [0.29, 0.717) is 17.1 Å². The SMILES string of the molecule is CCCCCCCC(C)(C)c1ccc2c(N=Nc3cc(Cl)ccc3O)c(O)c(CC)cc2c1. The molecule has 0 aliphatic rings. The largest absolute Gasteiger partial charge is 0.506 e. The minimum Gasteiger partial charge on any atom is -0.506 e. The van der Waals surface area contributed by atoms with Gasteiger partial charge in [0.15, 0.2) is 0 Å². The minimum atomic E-state index is -0.0124. The molecule has 0 amide bonds. The Morgan fingerprint density at radius 1 is 0.879 bits per heavy atom. The maximum absolute atomic E-state index is 10.9. The van der Waals surface area contributed by atoms with E-state index in [2.05, 4.69) is 43.1 Å². The summed E-state index contributed by atoms with van der Waals surface area (Å²) in [5, 5.41) is 31.8. The van der Waals surface area contributed by atoms with Crippen molar-refractivity contribution >= 4 is 33.7 Å². The highest BCUT2D eigenvalue weighted by atomic mass is 35.5. The van der Waals surface area contributed by atoms with E-state index in [0.717, 1.165) is 22.8 Å². The summed E-state index contributed by atoms with van der Waals surface area (Å²) in [6.45, 7) is 8.86. The van der Waals surface area contributed by atoms with Gasteiger partial charge in [-0.15, -0.1) is 10.2 Å². The number of aryl methyl sites for hydroxylation is 1. The van der Waals surface area contributed by atoms with E-state index < -0.39 is 0 Å². The number of fused-ring (bicyclic) bond motifs is 1. The molecule has 0 saturated heterocycles. The van der Waals surface area contributed by atoms with Crippen molar-refractivity contribution in [1.82, 2.24) is 0 Å². The second-order valence-corrected chi connectivity index (χ2v) is 9.84. The summed E-state index contributed by atoms with van der Waals surface area (Å²) in [6.07, 6.45) is 8.20. The number of rotatable bonds is 10. The summed E-state index contributed by atoms with van der Waals surface area (Å²) in [7, 11) is 0. The molecule has 4 nitrogen and oxygen atoms in total. The molecule has 0 radical (unpaired) electrons. The summed E-state index contributed by atoms with van der Waals surface area (Å²) >= 11 is 6.03. The highest BCUT2D eigenvalue weighted by molar-refractivity contribution is 6.30. The van der Waals surface area contributed by atoms with Crippen LogP contribution in [0.4, 0.5) is 11.4 Å². The van der Waals surface area contributed by atoms with Crippen LogP contribution < -0.4 is 0 Å². The summed E-state index contributed by atoms with van der Waals surface area (Å²) in [4.78, 5) is 0. The van der Waals surface area contributed by atoms with Crippen molar-refractivity contribution in [3.05, 3.63) is 58.6 Å². The van der Waals surface area contributed by atoms with E-state index in [1.165, 1.54) is 43.7 Å². The number of benzene rings is 3. The summed E-state index contributed by atoms with van der Waals surface area (Å²) < 4.78 is 0. The first-order valence-electron chi connectivity index (χ1n) is 12.0. The maximum atomic E-state index is 10.9. The fraction of sp³-hybridized carbons (Fsp3) is 0.429. The van der Waals surface area contributed by atoms with Gasteiger partial charge in [0, 0.05) is 10.4 Å². The lowest BCUT2D eigenvalue weighted by Crippen LogP contribution is -2.16. The van der Waals surface area contributed by atoms with Gasteiger partial charge in [0.2, 0.25) is 0 Å². The Labute approximate surface area is 202 Å². The Hall–Kier alpha value is -2.59. The fourth-order valence-electron chi connectivity index (χ4n) is 4.22. The summed E-state index contributed by atoms with van der Waals surface area (Å²) in [5.41, 5.74) is 2.85. The molecule has 0 aliphatic carbocycles. The van der Waals surface area contributed by atoms with E-state index in [1.54, 1.807) is 12.1 Å². The molecular weight excluding hydrogens is 432 g/mol. The van der Waals surface area contributed by atoms with Crippen LogP contribution in [0.5, 0.6) is 11.5 Å². The van der Waals surface area contributed by atoms with Gasteiger partial charge < -0.3 is 10.2 Å². The van der Waals surface area contributed by atoms with Crippen molar-refractivity contribution in [2.75, 3.05) is 0 Å². The van der Waals surface area contributed by atoms with Crippen LogP contribution in [0.3, 0.4) is 0 Å². The molecule has 3 aromatic rings. The van der Waals surface area contributed by atoms with Crippen LogP contribution >= 0.6 is 11.6 Å². The zero-order valence-corrected chi connectivity index (χ0v) is 20.9. The normalized spacial score (nSPS) is 12.2. The fourth-order valence-corrected chi connectivity index (χ4v) is 4.39. The minimum absolute atomic E-state index is 0.0124. The van der Waals surface area contributed by atoms with Crippen LogP contribution in [0.1, 0.15) is 77.3 Å². The number of aromatic hydroxyl groups is 2. The Bertz CT molecular complexity index is 1140. The van der Waals surface area contributed by atoms with Crippen LogP contribution in [0, 0.1) is 0 Å². The smallest absolute Gasteiger partial charge is 0.146 e. The second kappa shape index (κ2) is 11.0. The molecule has 2 N–H and O–H groups in total. The molecule has 0 saturated carbocycles. The van der Waals surface area contributed by atoms with Gasteiger partial charge in [-0.3, -0.25) is 0 Å². The molecule has 5 heteroatoms. The molecule has 0 aromatic heterocycles. The monoisotopic (exact) mass is 466 g/mol. The van der Waals surface area contributed by atoms with Gasteiger partial charge in [-0.05, 0) is 59.0 Å². The van der Waals surface area contributed by atoms with Crippen molar-refractivity contribution < 1.29 is 10.2 Å². The van der Waals surface area contributed by atoms with Gasteiger partial charge in [-0.1, -0.05) is 89.6 Å². The highest BCUT2D eigenvalue weighted by Crippen LogP contribution is 2.42. The molecule has 176 valence electrons. The molecule has 0 heterocycles. The van der Waals surface area contributed by atoms with Crippen LogP contribution in [0.2, 0.25) is 5.02 Å². The molecule has 0 fully saturated rings. The average molecular weight is 467 g/mol. The average Bonchev–Trinajstić information content (AvgIpc) is 2.79. The number of nitrogens with zero attached hydrogens (tertiary/aromatic N) is 2. The molecule has 0 aliphatic heterocycles. The Morgan fingerprint density at radius 3 is 2.36 bits per heavy atom. The van der Waals surface area contributed by atoms with Crippen molar-refractivity contribution in [3.8, 4) is 11.5 Å². The summed E-state index contributed by atoms with van der Waals surface area (Å²) in [5.74, 6) is 0.111. The third-order valence-corrected chi connectivity index (χ3v) is 6.66. The number of hydrogen-bond donors (Lipinski definition) is 2. The lowest BCUT2D eigenvalue weighted by Gasteiger charge is -2.26. The lowest BCUT2D eigenvalue weighted by molar-refractivity contribution is 0.444. The van der Waals surface area contributed by atoms with E-state index in [4.69, 9.17) is 11.6 Å². The van der Waals surface area contributed by atoms with Gasteiger partial charge in [0.1, 0.15) is 22.9 Å². The van der Waals surface area contributed by atoms with Gasteiger partial charge in [-0.25, -0.2) is 0 Å². The van der Waals surface area contributed by atoms with E-state index in [9.17, 15) is 10.2 Å². The molecule has 0 bridgehead atoms. The predicted molar refractivity (Wildman–Crippen MR) is 139 cm³/mol. The zero-order valence-electron chi connectivity index (χ0n) is 20.2. The molecule has 3 rings (SSSR count). The molecule has 0 spiro atoms. The number of halogens is 1. The van der Waals surface area contributed by atoms with Crippen molar-refractivity contribution in [2.45, 2.75) is 78.1 Å². The van der Waals surface area contributed by atoms with Crippen LogP contribution in [-0.2, 0) is 11.8 Å². The van der Waals surface area contributed by atoms with Gasteiger partial charge >= 0.3 is 0 Å². The number of phenolic OH excluding ortho intramolecular Hbond substituents is 2. The third-order valence-electron chi connectivity index (χ3n) is 6.43. The van der Waals surface area contributed by atoms with Crippen molar-refractivity contribution in [2.24, 2.45) is 10.2 Å². The van der Waals surface area contributed by atoms with Crippen LogP contribution in [-0.4, -0.2) is 10.2 Å². The van der Waals surface area contributed by atoms with Crippen molar-refractivity contribution in [1.29, 1.82) is 0 Å². The first-order chi connectivity index (χ1) is 15.8. The Balaban J connectivity index is 1.97. The first kappa shape index (κ1) is 25.0. The molecule has 0 atom stereocenters. The number of unbranched alkanes of at least 4 members (excludes halogenated alkanes) is 4. The molecule has 0 unspecified atom stereocenters. The van der Waals surface area contributed by atoms with Gasteiger partial charge in [-0.2, -0.15) is 0 Å². The topological polar surface area (TPSA) is 65.2 Å². The summed E-state index contributed by atoms with van der Waals surface area (Å²) in [6, 6.07) is 13.0.